The van der Waals surface area contributed by atoms with Gasteiger partial charge >= 0.3 is 11.6 Å². The van der Waals surface area contributed by atoms with Gasteiger partial charge in [-0.05, 0) is 43.2 Å². The molecule has 7 heteroatoms. The number of anilines is 1. The zero-order chi connectivity index (χ0) is 22.0. The zero-order valence-corrected chi connectivity index (χ0v) is 17.4. The Morgan fingerprint density at radius 3 is 2.74 bits per heavy atom. The van der Waals surface area contributed by atoms with E-state index in [2.05, 4.69) is 0 Å². The fourth-order valence-corrected chi connectivity index (χ4v) is 3.72. The number of aryl methyl sites for hydroxylation is 1. The van der Waals surface area contributed by atoms with Crippen molar-refractivity contribution in [1.82, 2.24) is 0 Å². The van der Waals surface area contributed by atoms with Gasteiger partial charge in [0.25, 0.3) is 5.91 Å². The Morgan fingerprint density at radius 1 is 1.13 bits per heavy atom. The molecule has 7 nitrogen and oxygen atoms in total. The highest BCUT2D eigenvalue weighted by Crippen LogP contribution is 2.33. The van der Waals surface area contributed by atoms with E-state index in [0.29, 0.717) is 17.0 Å². The molecule has 0 saturated carbocycles. The van der Waals surface area contributed by atoms with Crippen LogP contribution in [0.2, 0.25) is 0 Å². The molecule has 0 radical (unpaired) electrons. The van der Waals surface area contributed by atoms with Gasteiger partial charge in [-0.2, -0.15) is 0 Å². The molecule has 4 rings (SSSR count). The fourth-order valence-electron chi connectivity index (χ4n) is 3.72. The number of carbonyl (C=O) groups is 2. The summed E-state index contributed by atoms with van der Waals surface area (Å²) in [6, 6.07) is 13.7. The summed E-state index contributed by atoms with van der Waals surface area (Å²) >= 11 is 0. The smallest absolute Gasteiger partial charge is 0.336 e. The number of para-hydroxylation sites is 2. The summed E-state index contributed by atoms with van der Waals surface area (Å²) in [6.45, 7) is 3.89. The molecule has 1 aliphatic heterocycles. The predicted molar refractivity (Wildman–Crippen MR) is 116 cm³/mol. The number of esters is 1. The summed E-state index contributed by atoms with van der Waals surface area (Å²) in [5.74, 6) is 0.199. The van der Waals surface area contributed by atoms with E-state index < -0.39 is 17.7 Å². The normalized spacial score (nSPS) is 15.5. The lowest BCUT2D eigenvalue weighted by molar-refractivity contribution is -0.134. The maximum absolute atomic E-state index is 12.5. The molecular formula is C24H23NO6. The topological polar surface area (TPSA) is 86.0 Å². The predicted octanol–water partition coefficient (Wildman–Crippen LogP) is 3.86. The second-order valence-electron chi connectivity index (χ2n) is 7.44. The van der Waals surface area contributed by atoms with Crippen LogP contribution in [0.15, 0.2) is 57.7 Å². The van der Waals surface area contributed by atoms with E-state index in [1.54, 1.807) is 42.2 Å². The third-order valence-corrected chi connectivity index (χ3v) is 5.17. The molecular weight excluding hydrogens is 398 g/mol. The molecule has 1 atom stereocenters. The Morgan fingerprint density at radius 2 is 1.94 bits per heavy atom. The Kier molecular flexibility index (Phi) is 5.75. The lowest BCUT2D eigenvalue weighted by Gasteiger charge is -2.32. The van der Waals surface area contributed by atoms with E-state index in [-0.39, 0.29) is 24.6 Å². The molecule has 0 fully saturated rings. The largest absolute Gasteiger partial charge is 0.479 e. The lowest BCUT2D eigenvalue weighted by atomic mass is 10.1. The number of hydrogen-bond acceptors (Lipinski definition) is 6. The summed E-state index contributed by atoms with van der Waals surface area (Å²) in [6.07, 6.45) is 1.04. The van der Waals surface area contributed by atoms with Gasteiger partial charge in [0, 0.05) is 24.1 Å². The standard InChI is InChI=1S/C24H23NO6/c1-3-6-16-13-23(27)31-21-14-17(9-10-18(16)21)30-22(26)11-12-25-19-7-4-5-8-20(19)29-15(2)24(25)28/h4-5,7-10,13-15H,3,6,11-12H2,1-2H3. The molecule has 31 heavy (non-hydrogen) atoms. The van der Waals surface area contributed by atoms with Crippen molar-refractivity contribution in [1.29, 1.82) is 0 Å². The first-order chi connectivity index (χ1) is 15.0. The van der Waals surface area contributed by atoms with Gasteiger partial charge in [-0.15, -0.1) is 0 Å². The SMILES string of the molecule is CCCc1cc(=O)oc2cc(OC(=O)CCN3C(=O)C(C)Oc4ccccc43)ccc12. The van der Waals surface area contributed by atoms with Crippen molar-refractivity contribution in [2.24, 2.45) is 0 Å². The molecule has 1 unspecified atom stereocenters. The first-order valence-electron chi connectivity index (χ1n) is 10.3. The average molecular weight is 421 g/mol. The molecule has 1 aromatic heterocycles. The van der Waals surface area contributed by atoms with Crippen LogP contribution in [0.25, 0.3) is 11.0 Å². The highest BCUT2D eigenvalue weighted by atomic mass is 16.5. The highest BCUT2D eigenvalue weighted by Gasteiger charge is 2.31. The Labute approximate surface area is 179 Å². The van der Waals surface area contributed by atoms with Crippen molar-refractivity contribution < 1.29 is 23.5 Å². The molecule has 0 aliphatic carbocycles. The maximum Gasteiger partial charge on any atom is 0.336 e. The molecule has 3 aromatic rings. The molecule has 1 amide bonds. The summed E-state index contributed by atoms with van der Waals surface area (Å²) in [5.41, 5.74) is 1.49. The summed E-state index contributed by atoms with van der Waals surface area (Å²) in [7, 11) is 0. The Balaban J connectivity index is 1.47. The number of rotatable bonds is 6. The minimum atomic E-state index is -0.619. The van der Waals surface area contributed by atoms with Gasteiger partial charge in [-0.1, -0.05) is 25.5 Å². The van der Waals surface area contributed by atoms with Crippen LogP contribution in [-0.2, 0) is 16.0 Å². The van der Waals surface area contributed by atoms with Crippen LogP contribution in [0.3, 0.4) is 0 Å². The molecule has 2 aromatic carbocycles. The third kappa shape index (κ3) is 4.30. The quantitative estimate of drug-likeness (QED) is 0.341. The molecule has 2 heterocycles. The van der Waals surface area contributed by atoms with Gasteiger partial charge in [0.1, 0.15) is 17.1 Å². The van der Waals surface area contributed by atoms with Crippen LogP contribution in [-0.4, -0.2) is 24.5 Å². The summed E-state index contributed by atoms with van der Waals surface area (Å²) in [4.78, 5) is 38.3. The van der Waals surface area contributed by atoms with Crippen molar-refractivity contribution >= 4 is 28.5 Å². The van der Waals surface area contributed by atoms with E-state index in [0.717, 1.165) is 23.8 Å². The zero-order valence-electron chi connectivity index (χ0n) is 17.4. The van der Waals surface area contributed by atoms with Gasteiger partial charge in [-0.25, -0.2) is 4.79 Å². The van der Waals surface area contributed by atoms with Crippen molar-refractivity contribution in [3.05, 3.63) is 64.5 Å². The van der Waals surface area contributed by atoms with Crippen molar-refractivity contribution in [2.45, 2.75) is 39.2 Å². The number of fused-ring (bicyclic) bond motifs is 2. The second kappa shape index (κ2) is 8.63. The monoisotopic (exact) mass is 421 g/mol. The Hall–Kier alpha value is -3.61. The molecule has 0 bridgehead atoms. The van der Waals surface area contributed by atoms with Crippen LogP contribution in [0.5, 0.6) is 11.5 Å². The van der Waals surface area contributed by atoms with Gasteiger partial charge in [-0.3, -0.25) is 9.59 Å². The van der Waals surface area contributed by atoms with Gasteiger partial charge < -0.3 is 18.8 Å². The van der Waals surface area contributed by atoms with Crippen LogP contribution in [0.4, 0.5) is 5.69 Å². The Bertz CT molecular complexity index is 1200. The van der Waals surface area contributed by atoms with Gasteiger partial charge in [0.15, 0.2) is 6.10 Å². The fraction of sp³-hybridized carbons (Fsp3) is 0.292. The number of hydrogen-bond donors (Lipinski definition) is 0. The number of nitrogens with zero attached hydrogens (tertiary/aromatic N) is 1. The van der Waals surface area contributed by atoms with Crippen molar-refractivity contribution in [2.75, 3.05) is 11.4 Å². The van der Waals surface area contributed by atoms with Crippen LogP contribution in [0, 0.1) is 0 Å². The maximum atomic E-state index is 12.5. The third-order valence-electron chi connectivity index (χ3n) is 5.17. The second-order valence-corrected chi connectivity index (χ2v) is 7.44. The minimum absolute atomic E-state index is 0.00462. The van der Waals surface area contributed by atoms with Crippen molar-refractivity contribution in [3.8, 4) is 11.5 Å². The summed E-state index contributed by atoms with van der Waals surface area (Å²) < 4.78 is 16.3. The van der Waals surface area contributed by atoms with Gasteiger partial charge in [0.05, 0.1) is 12.1 Å². The van der Waals surface area contributed by atoms with E-state index in [4.69, 9.17) is 13.9 Å². The van der Waals surface area contributed by atoms with E-state index in [9.17, 15) is 14.4 Å². The molecule has 0 spiro atoms. The first-order valence-corrected chi connectivity index (χ1v) is 10.3. The number of carbonyl (C=O) groups excluding carboxylic acids is 2. The highest BCUT2D eigenvalue weighted by molar-refractivity contribution is 6.00. The van der Waals surface area contributed by atoms with Crippen LogP contribution in [0.1, 0.15) is 32.3 Å². The number of ether oxygens (including phenoxy) is 2. The van der Waals surface area contributed by atoms with E-state index in [1.165, 1.54) is 6.07 Å². The lowest BCUT2D eigenvalue weighted by Crippen LogP contribution is -2.45. The van der Waals surface area contributed by atoms with Crippen LogP contribution >= 0.6 is 0 Å². The molecule has 1 aliphatic rings. The molecule has 0 N–H and O–H groups in total. The molecule has 160 valence electrons. The van der Waals surface area contributed by atoms with Crippen LogP contribution < -0.4 is 20.0 Å². The van der Waals surface area contributed by atoms with E-state index >= 15 is 0 Å². The molecule has 0 saturated heterocycles. The van der Waals surface area contributed by atoms with E-state index in [1.807, 2.05) is 19.1 Å². The minimum Gasteiger partial charge on any atom is -0.479 e. The number of benzene rings is 2. The van der Waals surface area contributed by atoms with Gasteiger partial charge in [0.2, 0.25) is 0 Å². The number of amides is 1. The average Bonchev–Trinajstić information content (AvgIpc) is 2.74. The van der Waals surface area contributed by atoms with Crippen molar-refractivity contribution in [3.63, 3.8) is 0 Å². The first kappa shape index (κ1) is 20.7. The summed E-state index contributed by atoms with van der Waals surface area (Å²) in [5, 5.41) is 0.825.